The van der Waals surface area contributed by atoms with Crippen LogP contribution in [0.3, 0.4) is 0 Å². The summed E-state index contributed by atoms with van der Waals surface area (Å²) < 4.78 is 11.5. The number of thioether (sulfide) groups is 1. The molecular weight excluding hydrogens is 400 g/mol. The van der Waals surface area contributed by atoms with Crippen LogP contribution in [0, 0.1) is 11.8 Å². The molecule has 1 aromatic rings. The monoisotopic (exact) mass is 434 g/mol. The van der Waals surface area contributed by atoms with Gasteiger partial charge in [-0.15, -0.1) is 11.8 Å². The number of hydrogen-bond acceptors (Lipinski definition) is 5. The fourth-order valence-electron chi connectivity index (χ4n) is 3.90. The molecule has 5 atom stereocenters. The third kappa shape index (κ3) is 7.25. The number of ketones is 1. The highest BCUT2D eigenvalue weighted by molar-refractivity contribution is 8.00. The van der Waals surface area contributed by atoms with E-state index < -0.39 is 30.2 Å². The molecule has 30 heavy (non-hydrogen) atoms. The van der Waals surface area contributed by atoms with Gasteiger partial charge in [-0.3, -0.25) is 9.59 Å². The molecule has 0 spiro atoms. The van der Waals surface area contributed by atoms with E-state index in [9.17, 15) is 14.7 Å². The van der Waals surface area contributed by atoms with Crippen LogP contribution >= 0.6 is 11.8 Å². The van der Waals surface area contributed by atoms with Crippen molar-refractivity contribution in [3.63, 3.8) is 0 Å². The molecule has 1 aliphatic rings. The number of ether oxygens (including phenoxy) is 2. The lowest BCUT2D eigenvalue weighted by molar-refractivity contribution is -0.169. The average Bonchev–Trinajstić information content (AvgIpc) is 3.03. The van der Waals surface area contributed by atoms with Crippen LogP contribution in [-0.2, 0) is 19.1 Å². The molecule has 0 bridgehead atoms. The zero-order valence-electron chi connectivity index (χ0n) is 18.2. The minimum Gasteiger partial charge on any atom is -0.481 e. The predicted octanol–water partition coefficient (Wildman–Crippen LogP) is 5.34. The van der Waals surface area contributed by atoms with E-state index in [1.54, 1.807) is 18.7 Å². The van der Waals surface area contributed by atoms with Crippen molar-refractivity contribution >= 4 is 23.5 Å². The summed E-state index contributed by atoms with van der Waals surface area (Å²) in [5.41, 5.74) is 0. The van der Waals surface area contributed by atoms with Crippen molar-refractivity contribution in [1.82, 2.24) is 0 Å². The summed E-state index contributed by atoms with van der Waals surface area (Å²) >= 11 is 1.59. The van der Waals surface area contributed by atoms with E-state index in [-0.39, 0.29) is 17.5 Å². The van der Waals surface area contributed by atoms with Crippen molar-refractivity contribution in [2.45, 2.75) is 75.4 Å². The molecule has 0 heterocycles. The van der Waals surface area contributed by atoms with Gasteiger partial charge in [-0.1, -0.05) is 50.1 Å². The smallest absolute Gasteiger partial charge is 0.314 e. The molecule has 0 radical (unpaired) electrons. The van der Waals surface area contributed by atoms with Crippen LogP contribution in [0.15, 0.2) is 47.4 Å². The van der Waals surface area contributed by atoms with Crippen molar-refractivity contribution in [3.05, 3.63) is 42.5 Å². The number of rotatable bonds is 13. The molecule has 1 saturated carbocycles. The molecule has 2 rings (SSSR count). The SMILES string of the molecule is CCCCC/C=C/C(Sc1ccccc1)C1C(OC(C)OCC)CC(=O)C1C(=O)O. The molecule has 5 unspecified atom stereocenters. The minimum absolute atomic E-state index is 0.106. The van der Waals surface area contributed by atoms with Gasteiger partial charge in [0.25, 0.3) is 0 Å². The fourth-order valence-corrected chi connectivity index (χ4v) is 5.21. The molecule has 1 aliphatic carbocycles. The average molecular weight is 435 g/mol. The molecular formula is C24H34O5S. The van der Waals surface area contributed by atoms with Gasteiger partial charge in [0.05, 0.1) is 6.10 Å². The summed E-state index contributed by atoms with van der Waals surface area (Å²) in [6.45, 7) is 6.33. The summed E-state index contributed by atoms with van der Waals surface area (Å²) in [6.07, 6.45) is 7.70. The van der Waals surface area contributed by atoms with Gasteiger partial charge in [-0.05, 0) is 38.8 Å². The Labute approximate surface area is 184 Å². The zero-order chi connectivity index (χ0) is 21.9. The zero-order valence-corrected chi connectivity index (χ0v) is 19.0. The highest BCUT2D eigenvalue weighted by atomic mass is 32.2. The molecule has 6 heteroatoms. The number of carboxylic acids is 1. The molecule has 0 aromatic heterocycles. The van der Waals surface area contributed by atoms with Crippen molar-refractivity contribution in [2.75, 3.05) is 6.61 Å². The Morgan fingerprint density at radius 2 is 2.00 bits per heavy atom. The Balaban J connectivity index is 2.29. The van der Waals surface area contributed by atoms with Gasteiger partial charge in [0.15, 0.2) is 6.29 Å². The Bertz CT molecular complexity index is 690. The predicted molar refractivity (Wildman–Crippen MR) is 120 cm³/mol. The summed E-state index contributed by atoms with van der Waals surface area (Å²) in [5.74, 6) is -2.85. The number of Topliss-reactive ketones (excluding diaryl/α,β-unsaturated/α-hetero) is 1. The van der Waals surface area contributed by atoms with Crippen molar-refractivity contribution < 1.29 is 24.2 Å². The number of carboxylic acid groups (broad SMARTS) is 1. The van der Waals surface area contributed by atoms with Crippen LogP contribution < -0.4 is 0 Å². The molecule has 166 valence electrons. The normalized spacial score (nSPS) is 23.7. The molecule has 5 nitrogen and oxygen atoms in total. The standard InChI is InChI=1S/C24H34O5S/c1-4-6-7-8-12-15-21(30-18-13-10-9-11-14-18)23-20(29-17(3)28-5-2)16-19(25)22(23)24(26)27/h9-15,17,20-23H,4-8,16H2,1-3H3,(H,26,27)/b15-12+. The summed E-state index contributed by atoms with van der Waals surface area (Å²) in [6, 6.07) is 9.89. The van der Waals surface area contributed by atoms with E-state index in [4.69, 9.17) is 9.47 Å². The molecule has 0 amide bonds. The van der Waals surface area contributed by atoms with Gasteiger partial charge in [0, 0.05) is 29.1 Å². The first-order chi connectivity index (χ1) is 14.5. The van der Waals surface area contributed by atoms with E-state index in [1.165, 1.54) is 0 Å². The number of unbranched alkanes of at least 4 members (excludes halogenated alkanes) is 3. The second kappa shape index (κ2) is 12.9. The number of aliphatic carboxylic acids is 1. The number of carbonyl (C=O) groups is 2. The van der Waals surface area contributed by atoms with Crippen LogP contribution in [0.25, 0.3) is 0 Å². The van der Waals surface area contributed by atoms with Gasteiger partial charge in [0.1, 0.15) is 11.7 Å². The Hall–Kier alpha value is -1.63. The molecule has 1 N–H and O–H groups in total. The summed E-state index contributed by atoms with van der Waals surface area (Å²) in [7, 11) is 0. The maximum absolute atomic E-state index is 12.6. The lowest BCUT2D eigenvalue weighted by atomic mass is 9.90. The first kappa shape index (κ1) is 24.6. The lowest BCUT2D eigenvalue weighted by Crippen LogP contribution is -2.37. The maximum atomic E-state index is 12.6. The molecule has 0 saturated heterocycles. The van der Waals surface area contributed by atoms with E-state index in [2.05, 4.69) is 19.1 Å². The Kier molecular flexibility index (Phi) is 10.6. The van der Waals surface area contributed by atoms with Gasteiger partial charge in [-0.2, -0.15) is 0 Å². The largest absolute Gasteiger partial charge is 0.481 e. The second-order valence-electron chi connectivity index (χ2n) is 7.58. The van der Waals surface area contributed by atoms with Crippen molar-refractivity contribution in [3.8, 4) is 0 Å². The van der Waals surface area contributed by atoms with E-state index in [1.807, 2.05) is 37.3 Å². The lowest BCUT2D eigenvalue weighted by Gasteiger charge is -2.30. The first-order valence-corrected chi connectivity index (χ1v) is 11.8. The quantitative estimate of drug-likeness (QED) is 0.148. The van der Waals surface area contributed by atoms with Crippen molar-refractivity contribution in [2.24, 2.45) is 11.8 Å². The molecule has 1 fully saturated rings. The van der Waals surface area contributed by atoms with Gasteiger partial charge < -0.3 is 14.6 Å². The summed E-state index contributed by atoms with van der Waals surface area (Å²) in [4.78, 5) is 25.7. The third-order valence-electron chi connectivity index (χ3n) is 5.29. The number of carbonyl (C=O) groups excluding carboxylic acids is 1. The highest BCUT2D eigenvalue weighted by Gasteiger charge is 2.51. The van der Waals surface area contributed by atoms with E-state index in [0.29, 0.717) is 6.61 Å². The van der Waals surface area contributed by atoms with Crippen LogP contribution in [0.2, 0.25) is 0 Å². The van der Waals surface area contributed by atoms with Crippen LogP contribution in [-0.4, -0.2) is 41.1 Å². The number of benzene rings is 1. The van der Waals surface area contributed by atoms with Gasteiger partial charge in [0.2, 0.25) is 0 Å². The van der Waals surface area contributed by atoms with Crippen LogP contribution in [0.1, 0.15) is 52.9 Å². The number of hydrogen-bond donors (Lipinski definition) is 1. The number of allylic oxidation sites excluding steroid dienone is 1. The van der Waals surface area contributed by atoms with Gasteiger partial charge >= 0.3 is 5.97 Å². The molecule has 0 aliphatic heterocycles. The third-order valence-corrected chi connectivity index (χ3v) is 6.58. The topological polar surface area (TPSA) is 72.8 Å². The van der Waals surface area contributed by atoms with Crippen molar-refractivity contribution in [1.29, 1.82) is 0 Å². The highest BCUT2D eigenvalue weighted by Crippen LogP contribution is 2.42. The molecule has 1 aromatic carbocycles. The van der Waals surface area contributed by atoms with Gasteiger partial charge in [-0.25, -0.2) is 0 Å². The minimum atomic E-state index is -1.07. The first-order valence-electron chi connectivity index (χ1n) is 10.9. The van der Waals surface area contributed by atoms with E-state index in [0.717, 1.165) is 30.6 Å². The Morgan fingerprint density at radius 3 is 2.63 bits per heavy atom. The van der Waals surface area contributed by atoms with Crippen LogP contribution in [0.5, 0.6) is 0 Å². The summed E-state index contributed by atoms with van der Waals surface area (Å²) in [5, 5.41) is 9.64. The second-order valence-corrected chi connectivity index (χ2v) is 8.83. The fraction of sp³-hybridized carbons (Fsp3) is 0.583. The Morgan fingerprint density at radius 1 is 1.27 bits per heavy atom. The maximum Gasteiger partial charge on any atom is 0.314 e. The van der Waals surface area contributed by atoms with E-state index >= 15 is 0 Å². The van der Waals surface area contributed by atoms with Crippen LogP contribution in [0.4, 0.5) is 0 Å².